The van der Waals surface area contributed by atoms with E-state index in [0.717, 1.165) is 0 Å². The molecule has 0 aliphatic carbocycles. The van der Waals surface area contributed by atoms with Crippen LogP contribution in [0.3, 0.4) is 0 Å². The fraction of sp³-hybridized carbons (Fsp3) is 0. The third kappa shape index (κ3) is 1.68. The third-order valence-corrected chi connectivity index (χ3v) is 0.381. The molecule has 0 N–H and O–H groups in total. The van der Waals surface area contributed by atoms with E-state index < -0.39 is 11.9 Å². The molecule has 0 rings (SSSR count). The molecule has 0 aromatic carbocycles. The lowest BCUT2D eigenvalue weighted by Crippen LogP contribution is -2.17. The number of hydrogen-bond acceptors (Lipinski definition) is 4. The van der Waals surface area contributed by atoms with Crippen molar-refractivity contribution in [3.8, 4) is 0 Å². The Kier molecular flexibility index (Phi) is 2.76. The number of carbonyl (C=O) groups excluding carboxylic acids is 2. The van der Waals surface area contributed by atoms with Crippen LogP contribution >= 0.6 is 0 Å². The van der Waals surface area contributed by atoms with E-state index in [4.69, 9.17) is 0 Å². The van der Waals surface area contributed by atoms with Crippen molar-refractivity contribution in [3.63, 3.8) is 0 Å². The molecule has 0 aliphatic rings. The van der Waals surface area contributed by atoms with Crippen molar-refractivity contribution < 1.29 is 18.9 Å². The second-order valence-corrected chi connectivity index (χ2v) is 0.811. The molecule has 0 aromatic heterocycles. The Morgan fingerprint density at radius 3 is 1.38 bits per heavy atom. The van der Waals surface area contributed by atoms with Gasteiger partial charge in [0.05, 0.1) is 0 Å². The van der Waals surface area contributed by atoms with Crippen LogP contribution in [0.2, 0.25) is 0 Å². The van der Waals surface area contributed by atoms with Crippen molar-refractivity contribution in [1.29, 1.82) is 0 Å². The van der Waals surface area contributed by atoms with E-state index in [1.54, 1.807) is 0 Å². The van der Waals surface area contributed by atoms with Crippen LogP contribution in [-0.2, 0) is 18.9 Å². The molecule has 0 unspecified atom stereocenters. The predicted octanol–water partition coefficient (Wildman–Crippen LogP) is -1.76. The molecule has 0 fully saturated rings. The maximum Gasteiger partial charge on any atom is 0.397 e. The van der Waals surface area contributed by atoms with Gasteiger partial charge >= 0.3 is 28.0 Å². The summed E-state index contributed by atoms with van der Waals surface area (Å²) < 4.78 is 6.82. The largest absolute Gasteiger partial charge is 0.535 e. The SMILES string of the molecule is [B]OC(=O)C(=O)O[B]. The van der Waals surface area contributed by atoms with Gasteiger partial charge in [0.2, 0.25) is 0 Å². The van der Waals surface area contributed by atoms with Crippen LogP contribution in [0.4, 0.5) is 0 Å². The van der Waals surface area contributed by atoms with Crippen LogP contribution < -0.4 is 0 Å². The second kappa shape index (κ2) is 3.12. The number of hydrogen-bond donors (Lipinski definition) is 0. The van der Waals surface area contributed by atoms with Gasteiger partial charge in [-0.15, -0.1) is 0 Å². The first-order chi connectivity index (χ1) is 3.72. The summed E-state index contributed by atoms with van der Waals surface area (Å²) in [7, 11) is 8.49. The molecule has 0 bridgehead atoms. The van der Waals surface area contributed by atoms with Gasteiger partial charge in [0.25, 0.3) is 0 Å². The second-order valence-electron chi connectivity index (χ2n) is 0.811. The van der Waals surface area contributed by atoms with Gasteiger partial charge < -0.3 is 9.31 Å². The Balaban J connectivity index is 3.64. The van der Waals surface area contributed by atoms with Gasteiger partial charge in [-0.05, 0) is 0 Å². The lowest BCUT2D eigenvalue weighted by Gasteiger charge is -1.93. The first-order valence-electron chi connectivity index (χ1n) is 1.54. The third-order valence-electron chi connectivity index (χ3n) is 0.381. The number of carbonyl (C=O) groups is 2. The van der Waals surface area contributed by atoms with E-state index in [1.807, 2.05) is 0 Å². The zero-order chi connectivity index (χ0) is 6.57. The highest BCUT2D eigenvalue weighted by Crippen LogP contribution is 1.74. The quantitative estimate of drug-likeness (QED) is 0.273. The van der Waals surface area contributed by atoms with E-state index in [0.29, 0.717) is 0 Å². The summed E-state index contributed by atoms with van der Waals surface area (Å²) in [4.78, 5) is 19.7. The van der Waals surface area contributed by atoms with E-state index in [9.17, 15) is 9.59 Å². The highest BCUT2D eigenvalue weighted by atomic mass is 16.6. The lowest BCUT2D eigenvalue weighted by atomic mass is 10.5. The summed E-state index contributed by atoms with van der Waals surface area (Å²) in [5.41, 5.74) is 0. The summed E-state index contributed by atoms with van der Waals surface area (Å²) in [5, 5.41) is 0. The molecule has 8 heavy (non-hydrogen) atoms. The zero-order valence-electron chi connectivity index (χ0n) is 3.79. The molecule has 6 heteroatoms. The van der Waals surface area contributed by atoms with E-state index in [2.05, 4.69) is 25.4 Å². The van der Waals surface area contributed by atoms with Crippen molar-refractivity contribution in [2.24, 2.45) is 0 Å². The molecule has 4 nitrogen and oxygen atoms in total. The normalized spacial score (nSPS) is 7.50. The minimum atomic E-state index is -1.33. The van der Waals surface area contributed by atoms with Crippen LogP contribution in [0.5, 0.6) is 0 Å². The topological polar surface area (TPSA) is 52.6 Å². The molecule has 0 atom stereocenters. The molecule has 0 spiro atoms. The minimum absolute atomic E-state index is 1.33. The molecule has 0 saturated heterocycles. The van der Waals surface area contributed by atoms with Gasteiger partial charge in [-0.3, -0.25) is 0 Å². The molecule has 38 valence electrons. The van der Waals surface area contributed by atoms with E-state index >= 15 is 0 Å². The summed E-state index contributed by atoms with van der Waals surface area (Å²) in [6.45, 7) is 0. The van der Waals surface area contributed by atoms with E-state index in [1.165, 1.54) is 0 Å². The van der Waals surface area contributed by atoms with Gasteiger partial charge in [0.15, 0.2) is 0 Å². The van der Waals surface area contributed by atoms with E-state index in [-0.39, 0.29) is 0 Å². The maximum atomic E-state index is 9.84. The molecule has 0 aliphatic heterocycles. The highest BCUT2D eigenvalue weighted by molar-refractivity contribution is 6.36. The summed E-state index contributed by atoms with van der Waals surface area (Å²) in [5.74, 6) is -2.65. The van der Waals surface area contributed by atoms with Crippen molar-refractivity contribution in [2.45, 2.75) is 0 Å². The Labute approximate surface area is 48.0 Å². The first-order valence-corrected chi connectivity index (χ1v) is 1.54. The van der Waals surface area contributed by atoms with Gasteiger partial charge in [-0.1, -0.05) is 0 Å². The van der Waals surface area contributed by atoms with Crippen LogP contribution in [0.25, 0.3) is 0 Å². The average Bonchev–Trinajstić information content (AvgIpc) is 1.84. The molecule has 4 radical (unpaired) electrons. The monoisotopic (exact) mass is 110 g/mol. The van der Waals surface area contributed by atoms with Crippen molar-refractivity contribution >= 4 is 28.0 Å². The highest BCUT2D eigenvalue weighted by Gasteiger charge is 2.10. The summed E-state index contributed by atoms with van der Waals surface area (Å²) in [6, 6.07) is 0. The Morgan fingerprint density at radius 1 is 1.00 bits per heavy atom. The average molecular weight is 110 g/mol. The fourth-order valence-electron chi connectivity index (χ4n) is 0.0962. The Morgan fingerprint density at radius 2 is 1.25 bits per heavy atom. The smallest absolute Gasteiger partial charge is 0.397 e. The van der Waals surface area contributed by atoms with Gasteiger partial charge in [-0.2, -0.15) is 0 Å². The van der Waals surface area contributed by atoms with Crippen LogP contribution in [0, 0.1) is 0 Å². The van der Waals surface area contributed by atoms with Crippen molar-refractivity contribution in [3.05, 3.63) is 0 Å². The fourth-order valence-corrected chi connectivity index (χ4v) is 0.0962. The van der Waals surface area contributed by atoms with Gasteiger partial charge in [0, 0.05) is 0 Å². The summed E-state index contributed by atoms with van der Waals surface area (Å²) >= 11 is 0. The Bertz CT molecular complexity index is 96.6. The molecule has 0 amide bonds. The molecule has 0 saturated carbocycles. The summed E-state index contributed by atoms with van der Waals surface area (Å²) in [6.07, 6.45) is 0. The van der Waals surface area contributed by atoms with Gasteiger partial charge in [-0.25, -0.2) is 9.59 Å². The van der Waals surface area contributed by atoms with Crippen LogP contribution in [0.1, 0.15) is 0 Å². The molecular formula is C2B2O4. The van der Waals surface area contributed by atoms with Gasteiger partial charge in [0.1, 0.15) is 0 Å². The predicted molar refractivity (Wildman–Crippen MR) is 23.7 cm³/mol. The minimum Gasteiger partial charge on any atom is -0.535 e. The Hall–Kier alpha value is -0.930. The first kappa shape index (κ1) is 7.07. The standard InChI is InChI=1S/C2B2O4/c3-7-1(5)2(6)8-4. The maximum absolute atomic E-state index is 9.84. The molecular weight excluding hydrogens is 110 g/mol. The zero-order valence-corrected chi connectivity index (χ0v) is 3.79. The molecule has 0 aromatic rings. The van der Waals surface area contributed by atoms with Crippen molar-refractivity contribution in [1.82, 2.24) is 0 Å². The van der Waals surface area contributed by atoms with Crippen LogP contribution in [0.15, 0.2) is 0 Å². The number of rotatable bonds is 0. The van der Waals surface area contributed by atoms with Crippen molar-refractivity contribution in [2.75, 3.05) is 0 Å². The van der Waals surface area contributed by atoms with Crippen LogP contribution in [-0.4, -0.2) is 28.0 Å². The lowest BCUT2D eigenvalue weighted by molar-refractivity contribution is -0.155. The molecule has 0 heterocycles.